The minimum Gasteiger partial charge on any atom is -0.744 e. The lowest BCUT2D eigenvalue weighted by Gasteiger charge is -2.07. The highest BCUT2D eigenvalue weighted by molar-refractivity contribution is 7.85. The topological polar surface area (TPSA) is 122 Å². The van der Waals surface area contributed by atoms with E-state index in [4.69, 9.17) is 0 Å². The van der Waals surface area contributed by atoms with Gasteiger partial charge in [-0.05, 0) is 48.0 Å². The first-order valence-corrected chi connectivity index (χ1v) is 10.2. The number of fused-ring (bicyclic) bond motifs is 1. The normalized spacial score (nSPS) is 12.7. The van der Waals surface area contributed by atoms with Crippen LogP contribution in [0.15, 0.2) is 56.9 Å². The van der Waals surface area contributed by atoms with E-state index in [1.807, 2.05) is 0 Å². The number of aromatic nitrogens is 4. The molecule has 0 spiro atoms. The van der Waals surface area contributed by atoms with E-state index in [0.29, 0.717) is 21.8 Å². The third-order valence-electron chi connectivity index (χ3n) is 5.00. The number of imidazole rings is 1. The van der Waals surface area contributed by atoms with Gasteiger partial charge in [-0.15, -0.1) is 0 Å². The third kappa shape index (κ3) is 3.11. The second-order valence-corrected chi connectivity index (χ2v) is 8.27. The molecule has 0 amide bonds. The molecule has 0 aliphatic carbocycles. The van der Waals surface area contributed by atoms with Crippen molar-refractivity contribution in [3.8, 4) is 5.69 Å². The molecule has 4 rings (SSSR count). The van der Waals surface area contributed by atoms with Gasteiger partial charge in [-0.1, -0.05) is 12.6 Å². The zero-order valence-corrected chi connectivity index (χ0v) is 16.9. The third-order valence-corrected chi connectivity index (χ3v) is 5.85. The van der Waals surface area contributed by atoms with Crippen LogP contribution >= 0.6 is 0 Å². The number of nitrogens with zero attached hydrogens (tertiary/aromatic N) is 3. The Labute approximate surface area is 170 Å². The first kappa shape index (κ1) is 19.7. The van der Waals surface area contributed by atoms with Crippen molar-refractivity contribution in [2.24, 2.45) is 14.1 Å². The molecule has 0 fully saturated rings. The van der Waals surface area contributed by atoms with Crippen LogP contribution in [0.1, 0.15) is 5.56 Å². The summed E-state index contributed by atoms with van der Waals surface area (Å²) in [5.74, 6) is 0. The Hall–Kier alpha value is -3.63. The summed E-state index contributed by atoms with van der Waals surface area (Å²) in [6, 6.07) is 10.4. The van der Waals surface area contributed by atoms with Crippen molar-refractivity contribution in [1.82, 2.24) is 18.9 Å². The van der Waals surface area contributed by atoms with Gasteiger partial charge in [0.2, 0.25) is 0 Å². The lowest BCUT2D eigenvalue weighted by Crippen LogP contribution is -2.33. The smallest absolute Gasteiger partial charge is 0.328 e. The number of hydrogen-bond donors (Lipinski definition) is 1. The average Bonchev–Trinajstić information content (AvgIpc) is 3.10. The molecule has 30 heavy (non-hydrogen) atoms. The summed E-state index contributed by atoms with van der Waals surface area (Å²) >= 11 is 0. The molecule has 0 radical (unpaired) electrons. The molecular weight excluding hydrogens is 408 g/mol. The van der Waals surface area contributed by atoms with Crippen LogP contribution in [0.2, 0.25) is 0 Å². The summed E-state index contributed by atoms with van der Waals surface area (Å²) in [4.78, 5) is 24.6. The van der Waals surface area contributed by atoms with E-state index in [1.165, 1.54) is 21.4 Å². The Morgan fingerprint density at radius 2 is 1.63 bits per heavy atom. The monoisotopic (exact) mass is 425 g/mol. The molecule has 4 aromatic rings. The number of H-pyrrole nitrogens is 1. The second kappa shape index (κ2) is 6.71. The number of rotatable bonds is 3. The van der Waals surface area contributed by atoms with Gasteiger partial charge < -0.3 is 4.55 Å². The number of aryl methyl sites for hydroxylation is 2. The summed E-state index contributed by atoms with van der Waals surface area (Å²) in [6.45, 7) is 3.87. The average molecular weight is 425 g/mol. The zero-order chi connectivity index (χ0) is 21.8. The minimum absolute atomic E-state index is 0.146. The lowest BCUT2D eigenvalue weighted by molar-refractivity contribution is 0.463. The van der Waals surface area contributed by atoms with Gasteiger partial charge >= 0.3 is 5.69 Å². The standard InChI is InChI=1S/C20H18N4O5S/c1-12-16(10-13-4-9-17-18(11-13)23(3)20(26)22(17)2)19(25)24(21-12)14-5-7-15(8-6-14)30(27,28)29/h4-11,21H,1H2,2-3H3,(H,27,28,29)/p-1/b16-10-. The zero-order valence-electron chi connectivity index (χ0n) is 16.1. The largest absolute Gasteiger partial charge is 0.744 e. The minimum atomic E-state index is -4.57. The summed E-state index contributed by atoms with van der Waals surface area (Å²) in [5.41, 5.74) is 2.04. The van der Waals surface area contributed by atoms with Crippen molar-refractivity contribution in [2.45, 2.75) is 4.90 Å². The van der Waals surface area contributed by atoms with Crippen molar-refractivity contribution in [3.05, 3.63) is 79.4 Å². The Morgan fingerprint density at radius 1 is 1.00 bits per heavy atom. The van der Waals surface area contributed by atoms with Gasteiger partial charge in [0.05, 0.1) is 32.2 Å². The maximum atomic E-state index is 12.9. The van der Waals surface area contributed by atoms with Gasteiger partial charge in [-0.3, -0.25) is 19.0 Å². The van der Waals surface area contributed by atoms with Crippen molar-refractivity contribution in [1.29, 1.82) is 0 Å². The van der Waals surface area contributed by atoms with Crippen LogP contribution in [-0.2, 0) is 24.2 Å². The van der Waals surface area contributed by atoms with E-state index >= 15 is 0 Å². The molecule has 0 saturated heterocycles. The van der Waals surface area contributed by atoms with Gasteiger partial charge in [0.25, 0.3) is 5.56 Å². The Morgan fingerprint density at radius 3 is 2.27 bits per heavy atom. The molecule has 2 aromatic carbocycles. The van der Waals surface area contributed by atoms with Crippen LogP contribution in [0.5, 0.6) is 0 Å². The molecule has 0 aliphatic rings. The first-order valence-electron chi connectivity index (χ1n) is 8.81. The van der Waals surface area contributed by atoms with Crippen LogP contribution in [-0.4, -0.2) is 31.9 Å². The summed E-state index contributed by atoms with van der Waals surface area (Å²) < 4.78 is 37.5. The van der Waals surface area contributed by atoms with Gasteiger partial charge in [0, 0.05) is 14.1 Å². The van der Waals surface area contributed by atoms with Crippen LogP contribution in [0, 0.1) is 0 Å². The molecule has 9 nitrogen and oxygen atoms in total. The molecule has 154 valence electrons. The quantitative estimate of drug-likeness (QED) is 0.444. The molecule has 0 saturated carbocycles. The van der Waals surface area contributed by atoms with Gasteiger partial charge in [0.15, 0.2) is 0 Å². The van der Waals surface area contributed by atoms with Crippen LogP contribution in [0.25, 0.3) is 29.4 Å². The highest BCUT2D eigenvalue weighted by Gasteiger charge is 2.09. The SMILES string of the molecule is C=c1[nH]n(-c2ccc(S(=O)(=O)[O-])cc2)c(=O)/c1=C\c1ccc2c(c1)n(C)c(=O)n2C. The molecule has 0 atom stereocenters. The van der Waals surface area contributed by atoms with E-state index in [1.54, 1.807) is 42.9 Å². The summed E-state index contributed by atoms with van der Waals surface area (Å²) in [5, 5.41) is 3.52. The van der Waals surface area contributed by atoms with E-state index in [0.717, 1.165) is 23.2 Å². The fourth-order valence-electron chi connectivity index (χ4n) is 3.37. The molecule has 2 aromatic heterocycles. The van der Waals surface area contributed by atoms with Crippen molar-refractivity contribution in [3.63, 3.8) is 0 Å². The van der Waals surface area contributed by atoms with Gasteiger partial charge in [0.1, 0.15) is 10.1 Å². The molecule has 2 heterocycles. The summed E-state index contributed by atoms with van der Waals surface area (Å²) in [6.07, 6.45) is 1.66. The lowest BCUT2D eigenvalue weighted by atomic mass is 10.1. The van der Waals surface area contributed by atoms with Gasteiger partial charge in [-0.2, -0.15) is 0 Å². The van der Waals surface area contributed by atoms with E-state index in [2.05, 4.69) is 11.7 Å². The predicted molar refractivity (Wildman–Crippen MR) is 111 cm³/mol. The Balaban J connectivity index is 1.85. The van der Waals surface area contributed by atoms with E-state index in [9.17, 15) is 22.6 Å². The molecule has 0 bridgehead atoms. The number of benzene rings is 2. The van der Waals surface area contributed by atoms with Crippen molar-refractivity contribution >= 4 is 33.8 Å². The number of hydrogen-bond acceptors (Lipinski definition) is 5. The van der Waals surface area contributed by atoms with Crippen LogP contribution in [0.4, 0.5) is 0 Å². The van der Waals surface area contributed by atoms with E-state index < -0.39 is 10.1 Å². The predicted octanol–water partition coefficient (Wildman–Crippen LogP) is -0.501. The number of aromatic amines is 1. The summed E-state index contributed by atoms with van der Waals surface area (Å²) in [7, 11) is -1.20. The van der Waals surface area contributed by atoms with Crippen molar-refractivity contribution < 1.29 is 13.0 Å². The molecule has 1 N–H and O–H groups in total. The van der Waals surface area contributed by atoms with E-state index in [-0.39, 0.29) is 16.1 Å². The maximum Gasteiger partial charge on any atom is 0.328 e. The second-order valence-electron chi connectivity index (χ2n) is 6.89. The molecule has 0 unspecified atom stereocenters. The highest BCUT2D eigenvalue weighted by Crippen LogP contribution is 2.14. The first-order chi connectivity index (χ1) is 14.1. The Kier molecular flexibility index (Phi) is 4.40. The number of nitrogens with one attached hydrogen (secondary N) is 1. The fourth-order valence-corrected chi connectivity index (χ4v) is 3.84. The molecular formula is C20H17N4O5S-. The fraction of sp³-hybridized carbons (Fsp3) is 0.100. The molecule has 10 heteroatoms. The van der Waals surface area contributed by atoms with Gasteiger partial charge in [-0.25, -0.2) is 17.9 Å². The highest BCUT2D eigenvalue weighted by atomic mass is 32.2. The van der Waals surface area contributed by atoms with Crippen LogP contribution in [0.3, 0.4) is 0 Å². The molecule has 0 aliphatic heterocycles. The maximum absolute atomic E-state index is 12.9. The van der Waals surface area contributed by atoms with Crippen LogP contribution < -0.4 is 21.8 Å². The Bertz CT molecular complexity index is 1630. The van der Waals surface area contributed by atoms with Crippen molar-refractivity contribution in [2.75, 3.05) is 0 Å².